The van der Waals surface area contributed by atoms with E-state index in [2.05, 4.69) is 30.6 Å². The second-order valence-corrected chi connectivity index (χ2v) is 4.59. The lowest BCUT2D eigenvalue weighted by molar-refractivity contribution is 0.208. The fourth-order valence-electron chi connectivity index (χ4n) is 1.51. The zero-order valence-electron chi connectivity index (χ0n) is 12.2. The Hall–Kier alpha value is -1.22. The van der Waals surface area contributed by atoms with E-state index in [1.807, 2.05) is 6.92 Å². The van der Waals surface area contributed by atoms with Crippen LogP contribution in [0.2, 0.25) is 0 Å². The summed E-state index contributed by atoms with van der Waals surface area (Å²) in [5.41, 5.74) is 0. The van der Waals surface area contributed by atoms with E-state index in [0.29, 0.717) is 6.42 Å². The average molecular weight is 262 g/mol. The summed E-state index contributed by atoms with van der Waals surface area (Å²) in [6.07, 6.45) is 9.75. The monoisotopic (exact) mass is 262 g/mol. The van der Waals surface area contributed by atoms with Crippen molar-refractivity contribution >= 4 is 0 Å². The lowest BCUT2D eigenvalue weighted by atomic mass is 10.1. The van der Waals surface area contributed by atoms with E-state index in [1.165, 1.54) is 25.7 Å². The minimum absolute atomic E-state index is 0.412. The number of hydrogen-bond acceptors (Lipinski definition) is 2. The van der Waals surface area contributed by atoms with Gasteiger partial charge >= 0.3 is 0 Å². The van der Waals surface area contributed by atoms with Crippen molar-refractivity contribution in [3.8, 4) is 23.7 Å². The number of allylic oxidation sites excluding steroid dienone is 1. The zero-order chi connectivity index (χ0) is 14.3. The molecule has 0 saturated carbocycles. The predicted molar refractivity (Wildman–Crippen MR) is 80.4 cm³/mol. The highest BCUT2D eigenvalue weighted by Gasteiger charge is 1.97. The Balaban J connectivity index is 3.74. The normalized spacial score (nSPS) is 13.3. The molecule has 0 amide bonds. The van der Waals surface area contributed by atoms with Crippen LogP contribution in [0.1, 0.15) is 58.8 Å². The second-order valence-electron chi connectivity index (χ2n) is 4.59. The van der Waals surface area contributed by atoms with Gasteiger partial charge in [0.05, 0.1) is 6.10 Å². The molecule has 0 radical (unpaired) electrons. The van der Waals surface area contributed by atoms with E-state index >= 15 is 0 Å². The van der Waals surface area contributed by atoms with Gasteiger partial charge in [-0.05, 0) is 36.8 Å². The Morgan fingerprint density at radius 3 is 2.42 bits per heavy atom. The van der Waals surface area contributed by atoms with Crippen molar-refractivity contribution in [3.63, 3.8) is 0 Å². The third-order valence-corrected chi connectivity index (χ3v) is 2.77. The summed E-state index contributed by atoms with van der Waals surface area (Å²) < 4.78 is 0. The fraction of sp³-hybridized carbons (Fsp3) is 0.647. The van der Waals surface area contributed by atoms with Gasteiger partial charge in [-0.1, -0.05) is 57.8 Å². The van der Waals surface area contributed by atoms with Crippen LogP contribution < -0.4 is 0 Å². The predicted octanol–water partition coefficient (Wildman–Crippen LogP) is 3.04. The fourth-order valence-corrected chi connectivity index (χ4v) is 1.51. The minimum atomic E-state index is -0.591. The standard InChI is InChI=1S/C17H26O2/c1-3-5-6-7-11-14-17(19)15-12-9-8-10-13-16(18)4-2/h12,15-19H,3-7,11,14H2,1-2H3/b15-12+. The Kier molecular flexibility index (Phi) is 12.4. The summed E-state index contributed by atoms with van der Waals surface area (Å²) in [5.74, 6) is 10.5. The molecule has 19 heavy (non-hydrogen) atoms. The maximum absolute atomic E-state index is 9.66. The Labute approximate surface area is 117 Å². The molecule has 0 aliphatic carbocycles. The lowest BCUT2D eigenvalue weighted by Gasteiger charge is -2.03. The van der Waals surface area contributed by atoms with E-state index in [4.69, 9.17) is 5.11 Å². The van der Waals surface area contributed by atoms with Gasteiger partial charge in [-0.2, -0.15) is 0 Å². The summed E-state index contributed by atoms with van der Waals surface area (Å²) in [7, 11) is 0. The third-order valence-electron chi connectivity index (χ3n) is 2.77. The van der Waals surface area contributed by atoms with Gasteiger partial charge in [0.2, 0.25) is 0 Å². The molecule has 0 aromatic carbocycles. The first-order valence-corrected chi connectivity index (χ1v) is 7.24. The Bertz CT molecular complexity index is 349. The maximum Gasteiger partial charge on any atom is 0.115 e. The van der Waals surface area contributed by atoms with Crippen molar-refractivity contribution < 1.29 is 10.2 Å². The van der Waals surface area contributed by atoms with Crippen molar-refractivity contribution in [1.29, 1.82) is 0 Å². The van der Waals surface area contributed by atoms with Gasteiger partial charge in [0.25, 0.3) is 0 Å². The van der Waals surface area contributed by atoms with Gasteiger partial charge in [0.1, 0.15) is 6.10 Å². The highest BCUT2D eigenvalue weighted by Crippen LogP contribution is 2.07. The molecule has 0 spiro atoms. The molecule has 0 saturated heterocycles. The van der Waals surface area contributed by atoms with Crippen LogP contribution in [-0.2, 0) is 0 Å². The quantitative estimate of drug-likeness (QED) is 0.521. The number of unbranched alkanes of at least 4 members (excludes halogenated alkanes) is 4. The molecule has 0 bridgehead atoms. The van der Waals surface area contributed by atoms with Crippen molar-refractivity contribution in [2.24, 2.45) is 0 Å². The van der Waals surface area contributed by atoms with E-state index in [9.17, 15) is 5.11 Å². The molecule has 0 rings (SSSR count). The van der Waals surface area contributed by atoms with Gasteiger partial charge in [0.15, 0.2) is 0 Å². The molecule has 0 aromatic rings. The third kappa shape index (κ3) is 13.0. The second kappa shape index (κ2) is 13.2. The van der Waals surface area contributed by atoms with Gasteiger partial charge in [-0.15, -0.1) is 0 Å². The first-order chi connectivity index (χ1) is 9.20. The van der Waals surface area contributed by atoms with Crippen LogP contribution in [0.3, 0.4) is 0 Å². The molecule has 0 aromatic heterocycles. The Morgan fingerprint density at radius 1 is 1.00 bits per heavy atom. The van der Waals surface area contributed by atoms with Gasteiger partial charge in [-0.3, -0.25) is 0 Å². The molecule has 0 fully saturated rings. The van der Waals surface area contributed by atoms with E-state index in [1.54, 1.807) is 12.2 Å². The number of rotatable bonds is 8. The average Bonchev–Trinajstić information content (AvgIpc) is 2.42. The smallest absolute Gasteiger partial charge is 0.115 e. The molecular weight excluding hydrogens is 236 g/mol. The molecule has 2 heteroatoms. The number of aliphatic hydroxyl groups is 2. The van der Waals surface area contributed by atoms with Gasteiger partial charge in [0, 0.05) is 0 Å². The first kappa shape index (κ1) is 17.8. The molecular formula is C17H26O2. The van der Waals surface area contributed by atoms with Crippen LogP contribution in [-0.4, -0.2) is 22.4 Å². The first-order valence-electron chi connectivity index (χ1n) is 7.24. The van der Waals surface area contributed by atoms with Crippen LogP contribution in [0.4, 0.5) is 0 Å². The summed E-state index contributed by atoms with van der Waals surface area (Å²) in [5, 5.41) is 18.8. The molecule has 2 unspecified atom stereocenters. The van der Waals surface area contributed by atoms with Crippen LogP contribution in [0, 0.1) is 23.7 Å². The number of aliphatic hydroxyl groups excluding tert-OH is 2. The van der Waals surface area contributed by atoms with Crippen LogP contribution in [0.25, 0.3) is 0 Å². The maximum atomic E-state index is 9.66. The zero-order valence-corrected chi connectivity index (χ0v) is 12.2. The summed E-state index contributed by atoms with van der Waals surface area (Å²) in [6.45, 7) is 4.06. The SMILES string of the molecule is CCCCCCCC(O)/C=C/C#CC#CC(O)CC. The molecule has 0 aliphatic rings. The van der Waals surface area contributed by atoms with Crippen LogP contribution in [0.15, 0.2) is 12.2 Å². The molecule has 0 heterocycles. The summed E-state index contributed by atoms with van der Waals surface area (Å²) in [6, 6.07) is 0. The van der Waals surface area contributed by atoms with Gasteiger partial charge in [-0.25, -0.2) is 0 Å². The molecule has 2 nitrogen and oxygen atoms in total. The van der Waals surface area contributed by atoms with Crippen molar-refractivity contribution in [1.82, 2.24) is 0 Å². The molecule has 2 N–H and O–H groups in total. The molecule has 0 aliphatic heterocycles. The molecule has 106 valence electrons. The van der Waals surface area contributed by atoms with Gasteiger partial charge < -0.3 is 10.2 Å². The summed E-state index contributed by atoms with van der Waals surface area (Å²) in [4.78, 5) is 0. The van der Waals surface area contributed by atoms with Crippen molar-refractivity contribution in [2.45, 2.75) is 71.0 Å². The van der Waals surface area contributed by atoms with E-state index < -0.39 is 12.2 Å². The van der Waals surface area contributed by atoms with Crippen LogP contribution >= 0.6 is 0 Å². The highest BCUT2D eigenvalue weighted by molar-refractivity contribution is 5.31. The van der Waals surface area contributed by atoms with E-state index in [-0.39, 0.29) is 0 Å². The van der Waals surface area contributed by atoms with Crippen LogP contribution in [0.5, 0.6) is 0 Å². The topological polar surface area (TPSA) is 40.5 Å². The lowest BCUT2D eigenvalue weighted by Crippen LogP contribution is -2.01. The minimum Gasteiger partial charge on any atom is -0.389 e. The largest absolute Gasteiger partial charge is 0.389 e. The van der Waals surface area contributed by atoms with Crippen molar-refractivity contribution in [2.75, 3.05) is 0 Å². The highest BCUT2D eigenvalue weighted by atomic mass is 16.3. The van der Waals surface area contributed by atoms with E-state index in [0.717, 1.165) is 12.8 Å². The Morgan fingerprint density at radius 2 is 1.74 bits per heavy atom. The summed E-state index contributed by atoms with van der Waals surface area (Å²) >= 11 is 0. The molecule has 2 atom stereocenters. The number of hydrogen-bond donors (Lipinski definition) is 2. The van der Waals surface area contributed by atoms with Crippen molar-refractivity contribution in [3.05, 3.63) is 12.2 Å².